The second-order valence-electron chi connectivity index (χ2n) is 14.5. The van der Waals surface area contributed by atoms with Crippen molar-refractivity contribution < 1.29 is 4.42 Å². The van der Waals surface area contributed by atoms with Gasteiger partial charge in [0.05, 0.1) is 11.1 Å². The summed E-state index contributed by atoms with van der Waals surface area (Å²) in [7, 11) is 0. The summed E-state index contributed by atoms with van der Waals surface area (Å²) in [6.45, 7) is 0. The van der Waals surface area contributed by atoms with Gasteiger partial charge in [-0.05, 0) is 115 Å². The minimum absolute atomic E-state index is 0.869. The van der Waals surface area contributed by atoms with E-state index >= 15 is 0 Å². The molecule has 0 radical (unpaired) electrons. The van der Waals surface area contributed by atoms with Crippen LogP contribution in [0.25, 0.3) is 87.6 Å². The highest BCUT2D eigenvalue weighted by atomic mass is 16.3. The van der Waals surface area contributed by atoms with Crippen molar-refractivity contribution in [3.05, 3.63) is 212 Å². The number of anilines is 3. The lowest BCUT2D eigenvalue weighted by molar-refractivity contribution is 0.672. The van der Waals surface area contributed by atoms with Gasteiger partial charge in [-0.3, -0.25) is 0 Å². The molecule has 0 aliphatic carbocycles. The third-order valence-electron chi connectivity index (χ3n) is 11.2. The quantitative estimate of drug-likeness (QED) is 0.171. The van der Waals surface area contributed by atoms with Crippen molar-refractivity contribution in [1.82, 2.24) is 0 Å². The van der Waals surface area contributed by atoms with Crippen molar-refractivity contribution in [2.75, 3.05) is 4.90 Å². The van der Waals surface area contributed by atoms with Gasteiger partial charge in [-0.2, -0.15) is 0 Å². The molecule has 0 bridgehead atoms. The van der Waals surface area contributed by atoms with Gasteiger partial charge in [0, 0.05) is 22.1 Å². The van der Waals surface area contributed by atoms with E-state index in [-0.39, 0.29) is 0 Å². The molecule has 0 aliphatic rings. The van der Waals surface area contributed by atoms with Crippen molar-refractivity contribution in [2.24, 2.45) is 0 Å². The van der Waals surface area contributed by atoms with E-state index in [1.807, 2.05) is 0 Å². The predicted octanol–water partition coefficient (Wildman–Crippen LogP) is 15.5. The van der Waals surface area contributed by atoms with Gasteiger partial charge in [-0.15, -0.1) is 0 Å². The highest BCUT2D eigenvalue weighted by Gasteiger charge is 2.21. The Labute approximate surface area is 325 Å². The van der Waals surface area contributed by atoms with Gasteiger partial charge in [-0.25, -0.2) is 0 Å². The molecule has 0 fully saturated rings. The van der Waals surface area contributed by atoms with Crippen LogP contribution in [-0.4, -0.2) is 0 Å². The van der Waals surface area contributed by atoms with E-state index in [0.717, 1.165) is 44.4 Å². The van der Waals surface area contributed by atoms with E-state index in [1.165, 1.54) is 60.3 Å². The third kappa shape index (κ3) is 5.42. The van der Waals surface area contributed by atoms with Gasteiger partial charge in [0.15, 0.2) is 0 Å². The predicted molar refractivity (Wildman–Crippen MR) is 237 cm³/mol. The van der Waals surface area contributed by atoms with E-state index in [9.17, 15) is 0 Å². The smallest absolute Gasteiger partial charge is 0.143 e. The van der Waals surface area contributed by atoms with Crippen LogP contribution < -0.4 is 4.90 Å². The van der Waals surface area contributed by atoms with Crippen LogP contribution in [0.5, 0.6) is 0 Å². The van der Waals surface area contributed by atoms with Crippen molar-refractivity contribution >= 4 is 71.3 Å². The Hall–Kier alpha value is -7.42. The SMILES string of the molecule is c1cc(-c2ccc(N(c3ccc(-c4cccc5ccccc45)cc3)c3cccc4oc5c6ccccc6ccc5c34)cc2)cc(-c2ccc3ccccc3c2)c1. The molecule has 262 valence electrons. The number of hydrogen-bond acceptors (Lipinski definition) is 2. The van der Waals surface area contributed by atoms with Gasteiger partial charge in [-0.1, -0.05) is 158 Å². The number of fused-ring (bicyclic) bond motifs is 7. The molecule has 0 amide bonds. The lowest BCUT2D eigenvalue weighted by Gasteiger charge is -2.27. The van der Waals surface area contributed by atoms with Crippen LogP contribution in [0.4, 0.5) is 17.1 Å². The van der Waals surface area contributed by atoms with Crippen molar-refractivity contribution in [3.8, 4) is 33.4 Å². The van der Waals surface area contributed by atoms with E-state index in [1.54, 1.807) is 0 Å². The van der Waals surface area contributed by atoms with Crippen molar-refractivity contribution in [2.45, 2.75) is 0 Å². The Morgan fingerprint density at radius 2 is 0.875 bits per heavy atom. The number of furan rings is 1. The van der Waals surface area contributed by atoms with Crippen molar-refractivity contribution in [3.63, 3.8) is 0 Å². The number of benzene rings is 10. The zero-order valence-electron chi connectivity index (χ0n) is 30.6. The summed E-state index contributed by atoms with van der Waals surface area (Å²) in [5.41, 5.74) is 12.2. The first-order valence-electron chi connectivity index (χ1n) is 19.2. The maximum Gasteiger partial charge on any atom is 0.143 e. The molecular weight excluding hydrogens is 679 g/mol. The van der Waals surface area contributed by atoms with Gasteiger partial charge in [0.25, 0.3) is 0 Å². The van der Waals surface area contributed by atoms with Crippen LogP contribution in [0, 0.1) is 0 Å². The lowest BCUT2D eigenvalue weighted by Crippen LogP contribution is -2.10. The summed E-state index contributed by atoms with van der Waals surface area (Å²) in [6, 6.07) is 76.5. The average molecular weight is 714 g/mol. The lowest BCUT2D eigenvalue weighted by atomic mass is 9.97. The van der Waals surface area contributed by atoms with Crippen LogP contribution in [-0.2, 0) is 0 Å². The highest BCUT2D eigenvalue weighted by molar-refractivity contribution is 6.19. The Morgan fingerprint density at radius 1 is 0.321 bits per heavy atom. The molecule has 0 N–H and O–H groups in total. The molecule has 1 heterocycles. The normalized spacial score (nSPS) is 11.6. The van der Waals surface area contributed by atoms with Crippen LogP contribution in [0.3, 0.4) is 0 Å². The fourth-order valence-electron chi connectivity index (χ4n) is 8.47. The standard InChI is InChI=1S/C54H35NO/c1-2-13-41-35-44(23-22-36(41)10-1)43-16-7-15-42(34-43)37-24-29-45(30-25-37)55(46-31-26-40(27-32-46)48-19-8-14-38-11-3-5-17-47(38)48)51-20-9-21-52-53(51)50-33-28-39-12-4-6-18-49(39)54(50)56-52/h1-35H. The number of hydrogen-bond donors (Lipinski definition) is 0. The highest BCUT2D eigenvalue weighted by Crippen LogP contribution is 2.45. The maximum atomic E-state index is 6.67. The molecule has 0 saturated heterocycles. The Bertz CT molecular complexity index is 3240. The van der Waals surface area contributed by atoms with E-state index in [0.29, 0.717) is 0 Å². The van der Waals surface area contributed by atoms with Crippen LogP contribution >= 0.6 is 0 Å². The molecule has 1 aromatic heterocycles. The van der Waals surface area contributed by atoms with Crippen LogP contribution in [0.15, 0.2) is 217 Å². The minimum atomic E-state index is 0.869. The fraction of sp³-hybridized carbons (Fsp3) is 0. The van der Waals surface area contributed by atoms with Gasteiger partial charge in [0.2, 0.25) is 0 Å². The first kappa shape index (κ1) is 32.0. The van der Waals surface area contributed by atoms with Crippen molar-refractivity contribution in [1.29, 1.82) is 0 Å². The second-order valence-corrected chi connectivity index (χ2v) is 14.5. The van der Waals surface area contributed by atoms with Gasteiger partial charge >= 0.3 is 0 Å². The molecule has 0 spiro atoms. The molecule has 11 rings (SSSR count). The van der Waals surface area contributed by atoms with E-state index in [4.69, 9.17) is 4.42 Å². The topological polar surface area (TPSA) is 16.4 Å². The second kappa shape index (κ2) is 13.2. The molecule has 2 heteroatoms. The Balaban J connectivity index is 1.04. The summed E-state index contributed by atoms with van der Waals surface area (Å²) in [4.78, 5) is 2.37. The zero-order valence-corrected chi connectivity index (χ0v) is 30.6. The molecule has 0 unspecified atom stereocenters. The molecule has 0 aliphatic heterocycles. The summed E-state index contributed by atoms with van der Waals surface area (Å²) >= 11 is 0. The first-order chi connectivity index (χ1) is 27.7. The Morgan fingerprint density at radius 3 is 1.66 bits per heavy atom. The van der Waals surface area contributed by atoms with Crippen LogP contribution in [0.2, 0.25) is 0 Å². The largest absolute Gasteiger partial charge is 0.455 e. The molecule has 56 heavy (non-hydrogen) atoms. The molecule has 0 saturated carbocycles. The molecular formula is C54H35NO. The zero-order chi connectivity index (χ0) is 37.0. The third-order valence-corrected chi connectivity index (χ3v) is 11.2. The van der Waals surface area contributed by atoms with Gasteiger partial charge < -0.3 is 9.32 Å². The monoisotopic (exact) mass is 713 g/mol. The van der Waals surface area contributed by atoms with E-state index in [2.05, 4.69) is 217 Å². The maximum absolute atomic E-state index is 6.67. The Kier molecular flexibility index (Phi) is 7.53. The van der Waals surface area contributed by atoms with E-state index < -0.39 is 0 Å². The summed E-state index contributed by atoms with van der Waals surface area (Å²) in [5, 5.41) is 9.48. The molecule has 10 aromatic carbocycles. The number of rotatable bonds is 6. The molecule has 0 atom stereocenters. The number of nitrogens with zero attached hydrogens (tertiary/aromatic N) is 1. The molecule has 2 nitrogen and oxygen atoms in total. The summed E-state index contributed by atoms with van der Waals surface area (Å²) < 4.78 is 6.67. The van der Waals surface area contributed by atoms with Crippen LogP contribution in [0.1, 0.15) is 0 Å². The average Bonchev–Trinajstić information content (AvgIpc) is 3.67. The summed E-state index contributed by atoms with van der Waals surface area (Å²) in [6.07, 6.45) is 0. The van der Waals surface area contributed by atoms with Gasteiger partial charge in [0.1, 0.15) is 11.2 Å². The fourth-order valence-corrected chi connectivity index (χ4v) is 8.47. The first-order valence-corrected chi connectivity index (χ1v) is 19.2. The minimum Gasteiger partial charge on any atom is -0.455 e. The molecule has 11 aromatic rings. The summed E-state index contributed by atoms with van der Waals surface area (Å²) in [5.74, 6) is 0.